The highest BCUT2D eigenvalue weighted by Crippen LogP contribution is 2.45. The van der Waals surface area contributed by atoms with Crippen molar-refractivity contribution >= 4 is 68.9 Å². The summed E-state index contributed by atoms with van der Waals surface area (Å²) < 4.78 is 0.937. The molecule has 2 aromatic heterocycles. The Morgan fingerprint density at radius 2 is 0.962 bits per heavy atom. The molecule has 0 bridgehead atoms. The van der Waals surface area contributed by atoms with Gasteiger partial charge in [0.1, 0.15) is 0 Å². The van der Waals surface area contributed by atoms with E-state index in [4.69, 9.17) is 9.97 Å². The van der Waals surface area contributed by atoms with Crippen LogP contribution < -0.4 is 0 Å². The van der Waals surface area contributed by atoms with Crippen LogP contribution in [0, 0.1) is 0 Å². The lowest BCUT2D eigenvalue weighted by Gasteiger charge is -2.21. The Hall–Kier alpha value is -0.560. The molecule has 2 aliphatic rings. The van der Waals surface area contributed by atoms with E-state index in [2.05, 4.69) is 36.4 Å². The summed E-state index contributed by atoms with van der Waals surface area (Å²) in [5, 5.41) is 2.39. The minimum atomic E-state index is 0.469. The molecule has 134 valence electrons. The summed E-state index contributed by atoms with van der Waals surface area (Å²) in [5.41, 5.74) is 4.54. The zero-order valence-corrected chi connectivity index (χ0v) is 17.7. The zero-order chi connectivity index (χ0) is 17.3. The predicted molar refractivity (Wildman–Crippen MR) is 122 cm³/mol. The van der Waals surface area contributed by atoms with Crippen LogP contribution in [0.2, 0.25) is 0 Å². The lowest BCUT2D eigenvalue weighted by atomic mass is 10.1. The zero-order valence-electron chi connectivity index (χ0n) is 14.4. The molecule has 3 aromatic rings. The maximum absolute atomic E-state index is 5.10. The molecule has 26 heavy (non-hydrogen) atoms. The number of rotatable bonds is 2. The van der Waals surface area contributed by atoms with Gasteiger partial charge in [-0.15, -0.1) is 47.0 Å². The van der Waals surface area contributed by atoms with Crippen LogP contribution in [0.4, 0.5) is 0 Å². The van der Waals surface area contributed by atoms with Crippen molar-refractivity contribution < 1.29 is 0 Å². The molecule has 0 radical (unpaired) electrons. The lowest BCUT2D eigenvalue weighted by Crippen LogP contribution is -2.04. The Bertz CT molecular complexity index is 857. The fraction of sp³-hybridized carbons (Fsp3) is 0.400. The van der Waals surface area contributed by atoms with Gasteiger partial charge in [0.15, 0.2) is 0 Å². The molecule has 0 atom stereocenters. The molecule has 0 aliphatic carbocycles. The summed E-state index contributed by atoms with van der Waals surface area (Å²) in [6.07, 6.45) is 2.62. The summed E-state index contributed by atoms with van der Waals surface area (Å²) in [7, 11) is 0. The Labute approximate surface area is 171 Å². The third-order valence-corrected chi connectivity index (χ3v) is 10.6. The third-order valence-electron chi connectivity index (χ3n) is 4.70. The van der Waals surface area contributed by atoms with E-state index >= 15 is 0 Å². The largest absolute Gasteiger partial charge is 0.248 e. The second kappa shape index (κ2) is 7.82. The third kappa shape index (κ3) is 3.46. The van der Waals surface area contributed by atoms with Gasteiger partial charge in [0.05, 0.1) is 31.6 Å². The van der Waals surface area contributed by atoms with Crippen molar-refractivity contribution in [2.24, 2.45) is 0 Å². The average Bonchev–Trinajstić information content (AvgIpc) is 2.74. The Morgan fingerprint density at radius 3 is 1.38 bits per heavy atom. The molecule has 0 N–H and O–H groups in total. The van der Waals surface area contributed by atoms with Crippen molar-refractivity contribution in [1.29, 1.82) is 0 Å². The van der Waals surface area contributed by atoms with E-state index in [-0.39, 0.29) is 0 Å². The van der Waals surface area contributed by atoms with Gasteiger partial charge in [-0.1, -0.05) is 24.3 Å². The van der Waals surface area contributed by atoms with Crippen LogP contribution in [0.1, 0.15) is 33.4 Å². The van der Waals surface area contributed by atoms with Crippen LogP contribution in [-0.4, -0.2) is 33.0 Å². The maximum atomic E-state index is 5.10. The van der Waals surface area contributed by atoms with Crippen molar-refractivity contribution in [3.63, 3.8) is 0 Å². The van der Waals surface area contributed by atoms with Crippen LogP contribution >= 0.6 is 47.0 Å². The summed E-state index contributed by atoms with van der Waals surface area (Å²) in [5.74, 6) is 4.97. The molecule has 2 fully saturated rings. The van der Waals surface area contributed by atoms with E-state index in [1.165, 1.54) is 58.0 Å². The highest BCUT2D eigenvalue weighted by molar-refractivity contribution is 8.17. The number of hydrogen-bond donors (Lipinski definition) is 0. The van der Waals surface area contributed by atoms with Gasteiger partial charge in [0, 0.05) is 10.8 Å². The van der Waals surface area contributed by atoms with Crippen LogP contribution in [0.15, 0.2) is 36.4 Å². The van der Waals surface area contributed by atoms with Gasteiger partial charge in [0.2, 0.25) is 0 Å². The summed E-state index contributed by atoms with van der Waals surface area (Å²) >= 11 is 8.12. The highest BCUT2D eigenvalue weighted by Gasteiger charge is 2.20. The van der Waals surface area contributed by atoms with E-state index in [0.29, 0.717) is 9.16 Å². The minimum Gasteiger partial charge on any atom is -0.248 e. The summed E-state index contributed by atoms with van der Waals surface area (Å²) in [6.45, 7) is 0. The standard InChI is InChI=1S/C20H20N2S4/c1-9-23-19(24-10-1)15-7-5-13-3-4-14-6-8-16(20-25-11-2-12-26-20)22-18(14)17(13)21-15/h3-8,19-20H,1-2,9-12H2. The average molecular weight is 417 g/mol. The highest BCUT2D eigenvalue weighted by atomic mass is 32.2. The Balaban J connectivity index is 1.61. The van der Waals surface area contributed by atoms with Gasteiger partial charge in [-0.25, -0.2) is 9.97 Å². The molecule has 0 unspecified atom stereocenters. The van der Waals surface area contributed by atoms with Gasteiger partial charge in [-0.05, 0) is 48.0 Å². The lowest BCUT2D eigenvalue weighted by molar-refractivity contribution is 1.08. The minimum absolute atomic E-state index is 0.469. The normalized spacial score (nSPS) is 20.0. The van der Waals surface area contributed by atoms with Gasteiger partial charge in [-0.3, -0.25) is 0 Å². The number of benzene rings is 1. The predicted octanol–water partition coefficient (Wildman–Crippen LogP) is 6.52. The summed E-state index contributed by atoms with van der Waals surface area (Å²) in [4.78, 5) is 10.2. The number of aromatic nitrogens is 2. The molecule has 6 heteroatoms. The molecule has 2 saturated heterocycles. The second-order valence-corrected chi connectivity index (χ2v) is 12.0. The Morgan fingerprint density at radius 1 is 0.577 bits per heavy atom. The maximum Gasteiger partial charge on any atom is 0.0968 e. The molecule has 2 aliphatic heterocycles. The van der Waals surface area contributed by atoms with Gasteiger partial charge in [0.25, 0.3) is 0 Å². The van der Waals surface area contributed by atoms with E-state index in [1.54, 1.807) is 0 Å². The SMILES string of the molecule is c1cc2ccc3ccc(C4SCCCS4)nc3c2nc1C1SCCCS1. The number of pyridine rings is 2. The van der Waals surface area contributed by atoms with Gasteiger partial charge < -0.3 is 0 Å². The number of nitrogens with zero attached hydrogens (tertiary/aromatic N) is 2. The topological polar surface area (TPSA) is 25.8 Å². The monoisotopic (exact) mass is 416 g/mol. The first-order valence-electron chi connectivity index (χ1n) is 9.05. The molecule has 0 spiro atoms. The molecule has 4 heterocycles. The van der Waals surface area contributed by atoms with Crippen molar-refractivity contribution in [3.8, 4) is 0 Å². The van der Waals surface area contributed by atoms with E-state index < -0.39 is 0 Å². The van der Waals surface area contributed by atoms with Crippen LogP contribution in [0.3, 0.4) is 0 Å². The first kappa shape index (κ1) is 17.5. The van der Waals surface area contributed by atoms with Crippen LogP contribution in [0.25, 0.3) is 21.8 Å². The molecule has 1 aromatic carbocycles. The quantitative estimate of drug-likeness (QED) is 0.441. The van der Waals surface area contributed by atoms with Crippen molar-refractivity contribution in [1.82, 2.24) is 9.97 Å². The smallest absolute Gasteiger partial charge is 0.0968 e. The molecule has 2 nitrogen and oxygen atoms in total. The van der Waals surface area contributed by atoms with Gasteiger partial charge >= 0.3 is 0 Å². The molecular formula is C20H20N2S4. The fourth-order valence-corrected chi connectivity index (χ4v) is 8.98. The fourth-order valence-electron chi connectivity index (χ4n) is 3.38. The van der Waals surface area contributed by atoms with E-state index in [1.807, 2.05) is 47.0 Å². The molecule has 0 saturated carbocycles. The van der Waals surface area contributed by atoms with Crippen molar-refractivity contribution in [2.75, 3.05) is 23.0 Å². The van der Waals surface area contributed by atoms with E-state index in [0.717, 1.165) is 11.0 Å². The van der Waals surface area contributed by atoms with Gasteiger partial charge in [-0.2, -0.15) is 0 Å². The second-order valence-electron chi connectivity index (χ2n) is 6.54. The summed E-state index contributed by atoms with van der Waals surface area (Å²) in [6, 6.07) is 13.2. The first-order chi connectivity index (χ1) is 12.9. The number of fused-ring (bicyclic) bond motifs is 3. The van der Waals surface area contributed by atoms with E-state index in [9.17, 15) is 0 Å². The first-order valence-corrected chi connectivity index (χ1v) is 13.2. The van der Waals surface area contributed by atoms with Crippen molar-refractivity contribution in [2.45, 2.75) is 22.0 Å². The van der Waals surface area contributed by atoms with Crippen molar-refractivity contribution in [3.05, 3.63) is 47.8 Å². The molecule has 5 rings (SSSR count). The number of thioether (sulfide) groups is 4. The van der Waals surface area contributed by atoms with Crippen LogP contribution in [0.5, 0.6) is 0 Å². The molecular weight excluding hydrogens is 397 g/mol. The Kier molecular flexibility index (Phi) is 5.27. The number of hydrogen-bond acceptors (Lipinski definition) is 6. The molecule has 0 amide bonds. The van der Waals surface area contributed by atoms with Crippen LogP contribution in [-0.2, 0) is 0 Å².